The minimum absolute atomic E-state index is 0.00379. The van der Waals surface area contributed by atoms with Crippen LogP contribution in [0.15, 0.2) is 83.5 Å². The van der Waals surface area contributed by atoms with Crippen molar-refractivity contribution in [3.05, 3.63) is 89.7 Å². The molecule has 2 aromatic carbocycles. The molecule has 2 N–H and O–H groups in total. The van der Waals surface area contributed by atoms with Crippen molar-refractivity contribution in [2.75, 3.05) is 13.1 Å². The molecular formula is C28H32N4O5S2. The highest BCUT2D eigenvalue weighted by molar-refractivity contribution is 7.89. The van der Waals surface area contributed by atoms with Gasteiger partial charge in [0.25, 0.3) is 0 Å². The standard InChI is InChI=1S/C28H32N4O5S2/c1-20(2)16-32(39(35,36)23-10-11-24-27(14-23)38-19-30-24)17-26(33)25(13-21-7-4-3-5-8-21)31-28(34)37-18-22-9-6-12-29-15-22/h3-12,14-15,19-20,25-26,33H,13,16-18H2,1-2H3,(H,31,34)/t25-,26+/m0/s1. The molecule has 4 aromatic rings. The maximum Gasteiger partial charge on any atom is 0.407 e. The number of sulfonamides is 1. The Morgan fingerprint density at radius 3 is 2.56 bits per heavy atom. The molecule has 0 aliphatic heterocycles. The van der Waals surface area contributed by atoms with Crippen LogP contribution in [0, 0.1) is 5.92 Å². The van der Waals surface area contributed by atoms with Crippen molar-refractivity contribution in [1.29, 1.82) is 0 Å². The van der Waals surface area contributed by atoms with E-state index in [1.807, 2.05) is 44.2 Å². The zero-order chi connectivity index (χ0) is 27.8. The second-order valence-corrected chi connectivity index (χ2v) is 12.5. The number of ether oxygens (including phenoxy) is 1. The molecule has 2 heterocycles. The summed E-state index contributed by atoms with van der Waals surface area (Å²) in [5.74, 6) is 0.00379. The van der Waals surface area contributed by atoms with Gasteiger partial charge in [-0.3, -0.25) is 4.98 Å². The summed E-state index contributed by atoms with van der Waals surface area (Å²) in [5.41, 5.74) is 4.00. The number of fused-ring (bicyclic) bond motifs is 1. The van der Waals surface area contributed by atoms with Crippen molar-refractivity contribution >= 4 is 37.7 Å². The number of carbonyl (C=O) groups is 1. The Morgan fingerprint density at radius 1 is 1.08 bits per heavy atom. The van der Waals surface area contributed by atoms with Crippen LogP contribution in [0.5, 0.6) is 0 Å². The predicted molar refractivity (Wildman–Crippen MR) is 151 cm³/mol. The monoisotopic (exact) mass is 568 g/mol. The first-order valence-electron chi connectivity index (χ1n) is 12.6. The summed E-state index contributed by atoms with van der Waals surface area (Å²) in [6.07, 6.45) is 1.58. The number of hydrogen-bond donors (Lipinski definition) is 2. The molecule has 0 aliphatic carbocycles. The molecule has 0 bridgehead atoms. The highest BCUT2D eigenvalue weighted by atomic mass is 32.2. The van der Waals surface area contributed by atoms with Gasteiger partial charge in [0.15, 0.2) is 0 Å². The summed E-state index contributed by atoms with van der Waals surface area (Å²) in [7, 11) is -3.94. The minimum Gasteiger partial charge on any atom is -0.445 e. The normalized spacial score (nSPS) is 13.5. The van der Waals surface area contributed by atoms with Crippen LogP contribution in [-0.4, -0.2) is 59.1 Å². The van der Waals surface area contributed by atoms with E-state index in [0.717, 1.165) is 21.3 Å². The van der Waals surface area contributed by atoms with Crippen molar-refractivity contribution in [2.24, 2.45) is 5.92 Å². The van der Waals surface area contributed by atoms with Gasteiger partial charge in [-0.05, 0) is 42.2 Å². The Morgan fingerprint density at radius 2 is 1.85 bits per heavy atom. The fourth-order valence-corrected chi connectivity index (χ4v) is 6.57. The van der Waals surface area contributed by atoms with E-state index in [-0.39, 0.29) is 36.9 Å². The molecule has 0 unspecified atom stereocenters. The molecule has 1 amide bonds. The lowest BCUT2D eigenvalue weighted by atomic mass is 10.0. The summed E-state index contributed by atoms with van der Waals surface area (Å²) < 4.78 is 34.8. The number of carbonyl (C=O) groups excluding carboxylic acids is 1. The summed E-state index contributed by atoms with van der Waals surface area (Å²) in [5, 5.41) is 14.1. The van der Waals surface area contributed by atoms with Gasteiger partial charge in [-0.2, -0.15) is 4.31 Å². The Balaban J connectivity index is 1.54. The van der Waals surface area contributed by atoms with Gasteiger partial charge >= 0.3 is 6.09 Å². The molecule has 2 aromatic heterocycles. The highest BCUT2D eigenvalue weighted by Crippen LogP contribution is 2.25. The van der Waals surface area contributed by atoms with Crippen LogP contribution >= 0.6 is 11.3 Å². The number of rotatable bonds is 12. The Kier molecular flexibility index (Phi) is 9.63. The van der Waals surface area contributed by atoms with Crippen molar-refractivity contribution in [2.45, 2.75) is 43.9 Å². The molecule has 2 atom stereocenters. The molecule has 0 saturated heterocycles. The summed E-state index contributed by atoms with van der Waals surface area (Å²) in [4.78, 5) is 21.1. The molecule has 0 radical (unpaired) electrons. The summed E-state index contributed by atoms with van der Waals surface area (Å²) >= 11 is 1.36. The quantitative estimate of drug-likeness (QED) is 0.262. The number of nitrogens with one attached hydrogen (secondary N) is 1. The van der Waals surface area contributed by atoms with E-state index in [2.05, 4.69) is 15.3 Å². The van der Waals surface area contributed by atoms with Crippen molar-refractivity contribution in [3.8, 4) is 0 Å². The number of amides is 1. The molecule has 39 heavy (non-hydrogen) atoms. The first kappa shape index (κ1) is 28.6. The van der Waals surface area contributed by atoms with E-state index in [0.29, 0.717) is 0 Å². The Hall–Kier alpha value is -3.38. The molecule has 0 spiro atoms. The summed E-state index contributed by atoms with van der Waals surface area (Å²) in [6, 6.07) is 16.9. The molecule has 206 valence electrons. The smallest absolute Gasteiger partial charge is 0.407 e. The number of alkyl carbamates (subject to hydrolysis) is 1. The zero-order valence-electron chi connectivity index (χ0n) is 21.8. The maximum atomic E-state index is 13.7. The molecular weight excluding hydrogens is 536 g/mol. The molecule has 0 aliphatic rings. The summed E-state index contributed by atoms with van der Waals surface area (Å²) in [6.45, 7) is 3.83. The van der Waals surface area contributed by atoms with E-state index in [9.17, 15) is 18.3 Å². The first-order chi connectivity index (χ1) is 18.7. The molecule has 4 rings (SSSR count). The predicted octanol–water partition coefficient (Wildman–Crippen LogP) is 4.24. The number of thiazole rings is 1. The number of aliphatic hydroxyl groups excluding tert-OH is 1. The van der Waals surface area contributed by atoms with Crippen molar-refractivity contribution in [1.82, 2.24) is 19.6 Å². The first-order valence-corrected chi connectivity index (χ1v) is 14.9. The van der Waals surface area contributed by atoms with Crippen LogP contribution in [-0.2, 0) is 27.8 Å². The van der Waals surface area contributed by atoms with E-state index in [1.54, 1.807) is 42.2 Å². The number of pyridine rings is 1. The lowest BCUT2D eigenvalue weighted by Gasteiger charge is -2.30. The minimum atomic E-state index is -3.94. The van der Waals surface area contributed by atoms with Gasteiger partial charge in [-0.1, -0.05) is 50.2 Å². The molecule has 0 fully saturated rings. The SMILES string of the molecule is CC(C)CN(C[C@@H](O)[C@H](Cc1ccccc1)NC(=O)OCc1cccnc1)S(=O)(=O)c1ccc2ncsc2c1. The fraction of sp³-hybridized carbons (Fsp3) is 0.321. The van der Waals surface area contributed by atoms with E-state index >= 15 is 0 Å². The van der Waals surface area contributed by atoms with Crippen LogP contribution in [0.4, 0.5) is 4.79 Å². The number of hydrogen-bond acceptors (Lipinski definition) is 8. The third kappa shape index (κ3) is 7.82. The Labute approximate surface area is 232 Å². The molecule has 11 heteroatoms. The van der Waals surface area contributed by atoms with Crippen molar-refractivity contribution < 1.29 is 23.1 Å². The number of aliphatic hydroxyl groups is 1. The third-order valence-electron chi connectivity index (χ3n) is 6.06. The van der Waals surface area contributed by atoms with Crippen LogP contribution in [0.3, 0.4) is 0 Å². The van der Waals surface area contributed by atoms with Gasteiger partial charge in [-0.25, -0.2) is 18.2 Å². The van der Waals surface area contributed by atoms with Crippen molar-refractivity contribution in [3.63, 3.8) is 0 Å². The van der Waals surface area contributed by atoms with Gasteiger partial charge in [0.2, 0.25) is 10.0 Å². The second-order valence-electron chi connectivity index (χ2n) is 9.64. The molecule has 9 nitrogen and oxygen atoms in total. The van der Waals surface area contributed by atoms with Gasteiger partial charge in [0, 0.05) is 31.0 Å². The van der Waals surface area contributed by atoms with Gasteiger partial charge in [-0.15, -0.1) is 11.3 Å². The molecule has 0 saturated carbocycles. The lowest BCUT2D eigenvalue weighted by molar-refractivity contribution is 0.0873. The van der Waals surface area contributed by atoms with Crippen LogP contribution in [0.1, 0.15) is 25.0 Å². The van der Waals surface area contributed by atoms with Crippen LogP contribution < -0.4 is 5.32 Å². The van der Waals surface area contributed by atoms with Crippen LogP contribution in [0.2, 0.25) is 0 Å². The fourth-order valence-electron chi connectivity index (χ4n) is 4.14. The van der Waals surface area contributed by atoms with E-state index in [4.69, 9.17) is 4.74 Å². The number of aromatic nitrogens is 2. The third-order valence-corrected chi connectivity index (χ3v) is 8.68. The van der Waals surface area contributed by atoms with Gasteiger partial charge in [0.1, 0.15) is 6.61 Å². The average Bonchev–Trinajstić information content (AvgIpc) is 3.40. The maximum absolute atomic E-state index is 13.7. The van der Waals surface area contributed by atoms with Gasteiger partial charge in [0.05, 0.1) is 32.8 Å². The van der Waals surface area contributed by atoms with Crippen LogP contribution in [0.25, 0.3) is 10.2 Å². The van der Waals surface area contributed by atoms with Gasteiger partial charge < -0.3 is 15.2 Å². The topological polar surface area (TPSA) is 122 Å². The van der Waals surface area contributed by atoms with E-state index in [1.165, 1.54) is 21.7 Å². The highest BCUT2D eigenvalue weighted by Gasteiger charge is 2.32. The average molecular weight is 569 g/mol. The lowest BCUT2D eigenvalue weighted by Crippen LogP contribution is -2.51. The number of benzene rings is 2. The number of nitrogens with zero attached hydrogens (tertiary/aromatic N) is 3. The largest absolute Gasteiger partial charge is 0.445 e. The second kappa shape index (κ2) is 13.1. The zero-order valence-corrected chi connectivity index (χ0v) is 23.4. The van der Waals surface area contributed by atoms with E-state index < -0.39 is 28.3 Å². The Bertz CT molecular complexity index is 1460.